The molecule has 0 aliphatic rings. The second-order valence-corrected chi connectivity index (χ2v) is 3.12. The molecule has 0 spiro atoms. The number of fused-ring (bicyclic) bond motifs is 1. The minimum absolute atomic E-state index is 0.284. The van der Waals surface area contributed by atoms with E-state index in [2.05, 4.69) is 4.98 Å². The van der Waals surface area contributed by atoms with Crippen molar-refractivity contribution in [2.24, 2.45) is 0 Å². The van der Waals surface area contributed by atoms with Gasteiger partial charge in [0.15, 0.2) is 12.0 Å². The van der Waals surface area contributed by atoms with Gasteiger partial charge in [-0.1, -0.05) is 12.1 Å². The standard InChI is InChI=1S/C11H9NO3/c1-7(14)15-11-8-4-2-3-5-9(8)12-10(11)6-13/h2-6,12H,1H3. The van der Waals surface area contributed by atoms with Crippen LogP contribution in [0.5, 0.6) is 5.75 Å². The van der Waals surface area contributed by atoms with Crippen LogP contribution < -0.4 is 4.74 Å². The number of aromatic nitrogens is 1. The van der Waals surface area contributed by atoms with Crippen LogP contribution in [0.4, 0.5) is 0 Å². The Balaban J connectivity index is 2.66. The van der Waals surface area contributed by atoms with Crippen LogP contribution >= 0.6 is 0 Å². The third-order valence-corrected chi connectivity index (χ3v) is 2.05. The Bertz CT molecular complexity index is 528. The van der Waals surface area contributed by atoms with E-state index in [1.807, 2.05) is 18.2 Å². The number of para-hydroxylation sites is 1. The maximum absolute atomic E-state index is 10.9. The van der Waals surface area contributed by atoms with Crippen molar-refractivity contribution >= 4 is 23.2 Å². The molecular weight excluding hydrogens is 194 g/mol. The van der Waals surface area contributed by atoms with Gasteiger partial charge < -0.3 is 9.72 Å². The lowest BCUT2D eigenvalue weighted by molar-refractivity contribution is -0.131. The average Bonchev–Trinajstić information content (AvgIpc) is 2.56. The molecule has 0 saturated heterocycles. The van der Waals surface area contributed by atoms with Gasteiger partial charge in [-0.2, -0.15) is 0 Å². The molecule has 0 aliphatic carbocycles. The van der Waals surface area contributed by atoms with Crippen LogP contribution in [0, 0.1) is 0 Å². The SMILES string of the molecule is CC(=O)Oc1c(C=O)[nH]c2ccccc12. The molecule has 4 heteroatoms. The maximum Gasteiger partial charge on any atom is 0.308 e. The summed E-state index contributed by atoms with van der Waals surface area (Å²) in [4.78, 5) is 24.5. The molecule has 1 N–H and O–H groups in total. The number of rotatable bonds is 2. The zero-order valence-corrected chi connectivity index (χ0v) is 8.11. The van der Waals surface area contributed by atoms with Crippen LogP contribution in [-0.2, 0) is 4.79 Å². The third kappa shape index (κ3) is 1.61. The summed E-state index contributed by atoms with van der Waals surface area (Å²) in [5, 5.41) is 0.731. The van der Waals surface area contributed by atoms with Crippen molar-refractivity contribution < 1.29 is 14.3 Å². The predicted octanol–water partition coefficient (Wildman–Crippen LogP) is 1.91. The number of aldehydes is 1. The normalized spacial score (nSPS) is 10.2. The molecule has 2 rings (SSSR count). The van der Waals surface area contributed by atoms with E-state index in [1.165, 1.54) is 6.92 Å². The van der Waals surface area contributed by atoms with E-state index in [9.17, 15) is 9.59 Å². The van der Waals surface area contributed by atoms with Gasteiger partial charge in [0, 0.05) is 17.8 Å². The molecule has 4 nitrogen and oxygen atoms in total. The summed E-state index contributed by atoms with van der Waals surface area (Å²) in [6.45, 7) is 1.30. The van der Waals surface area contributed by atoms with Crippen LogP contribution in [-0.4, -0.2) is 17.2 Å². The van der Waals surface area contributed by atoms with Crippen molar-refractivity contribution in [3.63, 3.8) is 0 Å². The predicted molar refractivity (Wildman–Crippen MR) is 55.0 cm³/mol. The monoisotopic (exact) mass is 203 g/mol. The van der Waals surface area contributed by atoms with E-state index in [0.717, 1.165) is 10.9 Å². The number of aromatic amines is 1. The van der Waals surface area contributed by atoms with Crippen LogP contribution in [0.3, 0.4) is 0 Å². The quantitative estimate of drug-likeness (QED) is 0.599. The van der Waals surface area contributed by atoms with E-state index >= 15 is 0 Å². The molecule has 15 heavy (non-hydrogen) atoms. The number of nitrogens with one attached hydrogen (secondary N) is 1. The summed E-state index contributed by atoms with van der Waals surface area (Å²) < 4.78 is 4.99. The second-order valence-electron chi connectivity index (χ2n) is 3.12. The van der Waals surface area contributed by atoms with Crippen molar-refractivity contribution in [2.75, 3.05) is 0 Å². The van der Waals surface area contributed by atoms with Crippen molar-refractivity contribution in [2.45, 2.75) is 6.92 Å². The molecule has 1 aromatic carbocycles. The highest BCUT2D eigenvalue weighted by molar-refractivity contribution is 5.97. The van der Waals surface area contributed by atoms with Crippen LogP contribution in [0.1, 0.15) is 17.4 Å². The van der Waals surface area contributed by atoms with E-state index < -0.39 is 5.97 Å². The first-order valence-electron chi connectivity index (χ1n) is 4.46. The smallest absolute Gasteiger partial charge is 0.308 e. The Morgan fingerprint density at radius 1 is 1.40 bits per heavy atom. The van der Waals surface area contributed by atoms with Crippen LogP contribution in [0.25, 0.3) is 10.9 Å². The van der Waals surface area contributed by atoms with Crippen molar-refractivity contribution in [1.29, 1.82) is 0 Å². The summed E-state index contributed by atoms with van der Waals surface area (Å²) in [6, 6.07) is 7.26. The maximum atomic E-state index is 10.9. The minimum atomic E-state index is -0.442. The number of carbonyl (C=O) groups is 2. The van der Waals surface area contributed by atoms with Gasteiger partial charge in [-0.15, -0.1) is 0 Å². The van der Waals surface area contributed by atoms with Gasteiger partial charge in [0.25, 0.3) is 0 Å². The Labute approximate surface area is 85.9 Å². The van der Waals surface area contributed by atoms with E-state index in [1.54, 1.807) is 6.07 Å². The molecule has 0 saturated carbocycles. The highest BCUT2D eigenvalue weighted by Crippen LogP contribution is 2.28. The van der Waals surface area contributed by atoms with Crippen molar-refractivity contribution in [3.8, 4) is 5.75 Å². The first-order chi connectivity index (χ1) is 7.22. The molecule has 1 heterocycles. The highest BCUT2D eigenvalue weighted by atomic mass is 16.5. The van der Waals surface area contributed by atoms with Gasteiger partial charge in [0.2, 0.25) is 0 Å². The molecule has 0 atom stereocenters. The summed E-state index contributed by atoms with van der Waals surface area (Å²) in [5.41, 5.74) is 1.06. The van der Waals surface area contributed by atoms with Crippen molar-refractivity contribution in [3.05, 3.63) is 30.0 Å². The highest BCUT2D eigenvalue weighted by Gasteiger charge is 2.13. The van der Waals surface area contributed by atoms with E-state index in [0.29, 0.717) is 12.0 Å². The lowest BCUT2D eigenvalue weighted by Crippen LogP contribution is -2.02. The number of hydrogen-bond donors (Lipinski definition) is 1. The number of H-pyrrole nitrogens is 1. The molecule has 1 aromatic heterocycles. The Morgan fingerprint density at radius 2 is 2.13 bits per heavy atom. The molecule has 0 fully saturated rings. The van der Waals surface area contributed by atoms with Crippen molar-refractivity contribution in [1.82, 2.24) is 4.98 Å². The lowest BCUT2D eigenvalue weighted by atomic mass is 10.2. The molecular formula is C11H9NO3. The van der Waals surface area contributed by atoms with Crippen LogP contribution in [0.15, 0.2) is 24.3 Å². The topological polar surface area (TPSA) is 59.2 Å². The number of esters is 1. The molecule has 0 radical (unpaired) electrons. The van der Waals surface area contributed by atoms with Gasteiger partial charge in [0.05, 0.1) is 0 Å². The first-order valence-corrected chi connectivity index (χ1v) is 4.46. The summed E-state index contributed by atoms with van der Waals surface area (Å²) in [7, 11) is 0. The second kappa shape index (κ2) is 3.57. The summed E-state index contributed by atoms with van der Waals surface area (Å²) in [6.07, 6.45) is 0.637. The molecule has 76 valence electrons. The fourth-order valence-electron chi connectivity index (χ4n) is 1.47. The van der Waals surface area contributed by atoms with E-state index in [4.69, 9.17) is 4.74 Å². The molecule has 0 aliphatic heterocycles. The molecule has 0 unspecified atom stereocenters. The van der Waals surface area contributed by atoms with Crippen LogP contribution in [0.2, 0.25) is 0 Å². The Hall–Kier alpha value is -2.10. The van der Waals surface area contributed by atoms with Gasteiger partial charge in [0.1, 0.15) is 5.69 Å². The van der Waals surface area contributed by atoms with Gasteiger partial charge in [-0.25, -0.2) is 0 Å². The third-order valence-electron chi connectivity index (χ3n) is 2.05. The first kappa shape index (κ1) is 9.45. The zero-order chi connectivity index (χ0) is 10.8. The summed E-state index contributed by atoms with van der Waals surface area (Å²) >= 11 is 0. The van der Waals surface area contributed by atoms with Gasteiger partial charge >= 0.3 is 5.97 Å². The zero-order valence-electron chi connectivity index (χ0n) is 8.11. The van der Waals surface area contributed by atoms with Gasteiger partial charge in [-0.3, -0.25) is 9.59 Å². The fourth-order valence-corrected chi connectivity index (χ4v) is 1.47. The molecule has 2 aromatic rings. The summed E-state index contributed by atoms with van der Waals surface area (Å²) in [5.74, 6) is -0.143. The lowest BCUT2D eigenvalue weighted by Gasteiger charge is -1.98. The van der Waals surface area contributed by atoms with Gasteiger partial charge in [-0.05, 0) is 12.1 Å². The minimum Gasteiger partial charge on any atom is -0.424 e. The largest absolute Gasteiger partial charge is 0.424 e. The Kier molecular flexibility index (Phi) is 2.25. The number of ether oxygens (including phenoxy) is 1. The Morgan fingerprint density at radius 3 is 2.80 bits per heavy atom. The number of hydrogen-bond acceptors (Lipinski definition) is 3. The number of benzene rings is 1. The molecule has 0 amide bonds. The average molecular weight is 203 g/mol. The fraction of sp³-hybridized carbons (Fsp3) is 0.0909. The molecule has 0 bridgehead atoms. The van der Waals surface area contributed by atoms with E-state index in [-0.39, 0.29) is 5.69 Å². The number of carbonyl (C=O) groups excluding carboxylic acids is 2.